The summed E-state index contributed by atoms with van der Waals surface area (Å²) in [5.41, 5.74) is 3.81. The van der Waals surface area contributed by atoms with Gasteiger partial charge in [0.25, 0.3) is 11.8 Å². The number of carbonyl (C=O) groups excluding carboxylic acids is 2. The van der Waals surface area contributed by atoms with Crippen molar-refractivity contribution in [1.82, 2.24) is 4.98 Å². The number of hydrogen-bond donors (Lipinski definition) is 1. The van der Waals surface area contributed by atoms with E-state index in [4.69, 9.17) is 9.47 Å². The molecule has 39 heavy (non-hydrogen) atoms. The highest BCUT2D eigenvalue weighted by Gasteiger charge is 2.37. The van der Waals surface area contributed by atoms with Gasteiger partial charge in [0.1, 0.15) is 0 Å². The van der Waals surface area contributed by atoms with Crippen molar-refractivity contribution in [2.45, 2.75) is 36.6 Å². The molecule has 4 aromatic rings. The lowest BCUT2D eigenvalue weighted by atomic mass is 10.0. The van der Waals surface area contributed by atoms with Crippen molar-refractivity contribution in [3.8, 4) is 0 Å². The topological polar surface area (TPSA) is 89.0 Å². The lowest BCUT2D eigenvalue weighted by Crippen LogP contribution is -2.32. The summed E-state index contributed by atoms with van der Waals surface area (Å²) in [5, 5.41) is 10.4. The second-order valence-electron chi connectivity index (χ2n) is 9.42. The van der Waals surface area contributed by atoms with E-state index in [1.165, 1.54) is 4.90 Å². The van der Waals surface area contributed by atoms with Crippen LogP contribution in [0.3, 0.4) is 0 Å². The molecule has 1 saturated heterocycles. The number of amides is 2. The number of carbonyl (C=O) groups is 2. The Morgan fingerprint density at radius 1 is 0.846 bits per heavy atom. The zero-order valence-corrected chi connectivity index (χ0v) is 21.8. The molecule has 2 aliphatic heterocycles. The number of pyridine rings is 1. The number of fused-ring (bicyclic) bond motifs is 1. The molecule has 0 spiro atoms. The van der Waals surface area contributed by atoms with Crippen LogP contribution < -0.4 is 4.90 Å². The van der Waals surface area contributed by atoms with E-state index in [0.29, 0.717) is 34.6 Å². The second kappa shape index (κ2) is 11.1. The number of nitrogens with zero attached hydrogens (tertiary/aromatic N) is 2. The zero-order chi connectivity index (χ0) is 26.8. The van der Waals surface area contributed by atoms with Crippen molar-refractivity contribution in [3.05, 3.63) is 125 Å². The molecule has 0 aliphatic carbocycles. The number of thioether (sulfide) groups is 1. The molecule has 0 radical (unpaired) electrons. The number of aliphatic hydroxyl groups excluding tert-OH is 1. The molecule has 2 aliphatic rings. The summed E-state index contributed by atoms with van der Waals surface area (Å²) in [6.07, 6.45) is 1.33. The standard InChI is InChI=1S/C31H26N2O5S/c34-18-20-11-13-21(14-12-20)27-17-24(19-39-28-10-3-4-15-32-28)37-31(38-27)22-6-5-7-23(16-22)33-29(35)25-8-1-2-9-26(25)30(33)36/h1-16,24,27,31,34H,17-19H2/t24-,27+,31+/m0/s1. The van der Waals surface area contributed by atoms with Gasteiger partial charge in [-0.25, -0.2) is 9.88 Å². The van der Waals surface area contributed by atoms with Gasteiger partial charge in [-0.1, -0.05) is 54.6 Å². The Kier molecular flexibility index (Phi) is 7.26. The first kappa shape index (κ1) is 25.5. The molecule has 1 N–H and O–H groups in total. The van der Waals surface area contributed by atoms with Crippen molar-refractivity contribution in [3.63, 3.8) is 0 Å². The fraction of sp³-hybridized carbons (Fsp3) is 0.194. The third-order valence-corrected chi connectivity index (χ3v) is 7.94. The summed E-state index contributed by atoms with van der Waals surface area (Å²) in [5.74, 6) is -0.00496. The van der Waals surface area contributed by atoms with Gasteiger partial charge in [0.15, 0.2) is 6.29 Å². The van der Waals surface area contributed by atoms with Gasteiger partial charge in [0.05, 0.1) is 40.7 Å². The predicted octanol–water partition coefficient (Wildman–Crippen LogP) is 5.71. The van der Waals surface area contributed by atoms with E-state index in [2.05, 4.69) is 4.98 Å². The minimum Gasteiger partial charge on any atom is -0.392 e. The molecule has 1 fully saturated rings. The van der Waals surface area contributed by atoms with Gasteiger partial charge in [-0.15, -0.1) is 11.8 Å². The summed E-state index contributed by atoms with van der Waals surface area (Å²) in [6, 6.07) is 27.6. The Bertz CT molecular complexity index is 1460. The molecular formula is C31H26N2O5S. The van der Waals surface area contributed by atoms with Gasteiger partial charge < -0.3 is 14.6 Å². The van der Waals surface area contributed by atoms with E-state index in [0.717, 1.165) is 16.2 Å². The summed E-state index contributed by atoms with van der Waals surface area (Å²) >= 11 is 1.62. The quantitative estimate of drug-likeness (QED) is 0.238. The highest BCUT2D eigenvalue weighted by molar-refractivity contribution is 7.99. The highest BCUT2D eigenvalue weighted by Crippen LogP contribution is 2.40. The highest BCUT2D eigenvalue weighted by atomic mass is 32.2. The van der Waals surface area contributed by atoms with Gasteiger partial charge in [0.2, 0.25) is 0 Å². The van der Waals surface area contributed by atoms with Crippen LogP contribution in [0.15, 0.2) is 102 Å². The first-order valence-corrected chi connectivity index (χ1v) is 13.7. The van der Waals surface area contributed by atoms with Crippen molar-refractivity contribution in [2.24, 2.45) is 0 Å². The lowest BCUT2D eigenvalue weighted by molar-refractivity contribution is -0.245. The van der Waals surface area contributed by atoms with Crippen molar-refractivity contribution < 1.29 is 24.2 Å². The third-order valence-electron chi connectivity index (χ3n) is 6.86. The predicted molar refractivity (Wildman–Crippen MR) is 147 cm³/mol. The fourth-order valence-corrected chi connectivity index (χ4v) is 5.75. The van der Waals surface area contributed by atoms with Gasteiger partial charge in [-0.2, -0.15) is 0 Å². The maximum absolute atomic E-state index is 13.1. The van der Waals surface area contributed by atoms with Gasteiger partial charge >= 0.3 is 0 Å². The molecule has 0 unspecified atom stereocenters. The van der Waals surface area contributed by atoms with Crippen LogP contribution in [0.25, 0.3) is 0 Å². The molecule has 1 aromatic heterocycles. The largest absolute Gasteiger partial charge is 0.392 e. The number of anilines is 1. The van der Waals surface area contributed by atoms with Crippen LogP contribution in [-0.4, -0.2) is 33.8 Å². The van der Waals surface area contributed by atoms with Crippen LogP contribution in [0, 0.1) is 0 Å². The number of aliphatic hydroxyl groups is 1. The monoisotopic (exact) mass is 538 g/mol. The van der Waals surface area contributed by atoms with Crippen LogP contribution in [0.4, 0.5) is 5.69 Å². The van der Waals surface area contributed by atoms with Crippen LogP contribution >= 0.6 is 11.8 Å². The molecule has 3 aromatic carbocycles. The number of imide groups is 1. The van der Waals surface area contributed by atoms with E-state index in [1.807, 2.05) is 48.5 Å². The summed E-state index contributed by atoms with van der Waals surface area (Å²) < 4.78 is 12.9. The van der Waals surface area contributed by atoms with E-state index >= 15 is 0 Å². The van der Waals surface area contributed by atoms with E-state index in [-0.39, 0.29) is 30.6 Å². The number of ether oxygens (including phenoxy) is 2. The maximum atomic E-state index is 13.1. The first-order chi connectivity index (χ1) is 19.1. The summed E-state index contributed by atoms with van der Waals surface area (Å²) in [6.45, 7) is -0.0223. The Labute approximate surface area is 230 Å². The van der Waals surface area contributed by atoms with Crippen LogP contribution in [0.1, 0.15) is 56.2 Å². The Morgan fingerprint density at radius 3 is 2.28 bits per heavy atom. The van der Waals surface area contributed by atoms with Crippen LogP contribution in [0.5, 0.6) is 0 Å². The minimum absolute atomic E-state index is 0.0223. The molecule has 0 bridgehead atoms. The second-order valence-corrected chi connectivity index (χ2v) is 10.5. The number of hydrogen-bond acceptors (Lipinski definition) is 7. The van der Waals surface area contributed by atoms with Crippen molar-refractivity contribution in [1.29, 1.82) is 0 Å². The summed E-state index contributed by atoms with van der Waals surface area (Å²) in [7, 11) is 0. The molecule has 8 heteroatoms. The average molecular weight is 539 g/mol. The molecule has 7 nitrogen and oxygen atoms in total. The van der Waals surface area contributed by atoms with Crippen molar-refractivity contribution in [2.75, 3.05) is 10.7 Å². The van der Waals surface area contributed by atoms with Gasteiger partial charge in [-0.05, 0) is 47.5 Å². The molecular weight excluding hydrogens is 512 g/mol. The van der Waals surface area contributed by atoms with Crippen LogP contribution in [-0.2, 0) is 16.1 Å². The average Bonchev–Trinajstić information content (AvgIpc) is 3.26. The van der Waals surface area contributed by atoms with Gasteiger partial charge in [-0.3, -0.25) is 9.59 Å². The third kappa shape index (κ3) is 5.24. The first-order valence-electron chi connectivity index (χ1n) is 12.7. The van der Waals surface area contributed by atoms with E-state index in [9.17, 15) is 14.7 Å². The lowest BCUT2D eigenvalue weighted by Gasteiger charge is -2.36. The molecule has 196 valence electrons. The molecule has 3 heterocycles. The number of aromatic nitrogens is 1. The van der Waals surface area contributed by atoms with E-state index < -0.39 is 6.29 Å². The Morgan fingerprint density at radius 2 is 1.59 bits per heavy atom. The normalized spacial score (nSPS) is 20.7. The molecule has 2 amide bonds. The minimum atomic E-state index is -0.703. The Hall–Kier alpha value is -3.82. The zero-order valence-electron chi connectivity index (χ0n) is 21.0. The summed E-state index contributed by atoms with van der Waals surface area (Å²) in [4.78, 5) is 31.8. The molecule has 0 saturated carbocycles. The van der Waals surface area contributed by atoms with Crippen LogP contribution in [0.2, 0.25) is 0 Å². The molecule has 3 atom stereocenters. The van der Waals surface area contributed by atoms with Gasteiger partial charge in [0, 0.05) is 23.9 Å². The SMILES string of the molecule is O=C1c2ccccc2C(=O)N1c1cccc([C@@H]2O[C@H](CSc3ccccn3)C[C@H](c3ccc(CO)cc3)O2)c1. The smallest absolute Gasteiger partial charge is 0.266 e. The van der Waals surface area contributed by atoms with Crippen molar-refractivity contribution >= 4 is 29.3 Å². The maximum Gasteiger partial charge on any atom is 0.266 e. The Balaban J connectivity index is 1.27. The number of benzene rings is 3. The fourth-order valence-electron chi connectivity index (χ4n) is 4.87. The molecule has 6 rings (SSSR count). The van der Waals surface area contributed by atoms with E-state index in [1.54, 1.807) is 60.4 Å². The number of rotatable bonds is 7.